The normalized spacial score (nSPS) is 10.8. The van der Waals surface area contributed by atoms with Crippen molar-refractivity contribution in [2.24, 2.45) is 0 Å². The fourth-order valence-corrected chi connectivity index (χ4v) is 4.99. The second-order valence-corrected chi connectivity index (χ2v) is 10.4. The smallest absolute Gasteiger partial charge is 0.343 e. The van der Waals surface area contributed by atoms with Crippen LogP contribution in [0, 0.1) is 0 Å². The standard InChI is InChI=1S/C32H36N2O4S/c1-3-4-5-6-7-8-9-10-23-37-28-19-15-26(16-20-28)32(35)38-29-21-13-25(14-22-29)31-34-33-30(39-31)24-11-17-27(36-2)18-12-24/h11-22H,3-10,23H2,1-2H3. The molecule has 0 N–H and O–H groups in total. The molecule has 0 unspecified atom stereocenters. The maximum absolute atomic E-state index is 12.6. The summed E-state index contributed by atoms with van der Waals surface area (Å²) >= 11 is 1.50. The summed E-state index contributed by atoms with van der Waals surface area (Å²) in [5, 5.41) is 10.3. The second kappa shape index (κ2) is 15.0. The van der Waals surface area contributed by atoms with Crippen LogP contribution in [0.15, 0.2) is 72.8 Å². The van der Waals surface area contributed by atoms with E-state index in [2.05, 4.69) is 17.1 Å². The Balaban J connectivity index is 1.22. The number of aromatic nitrogens is 2. The van der Waals surface area contributed by atoms with Crippen molar-refractivity contribution in [3.63, 3.8) is 0 Å². The number of benzene rings is 3. The molecule has 7 heteroatoms. The highest BCUT2D eigenvalue weighted by Gasteiger charge is 2.12. The summed E-state index contributed by atoms with van der Waals surface area (Å²) < 4.78 is 16.6. The van der Waals surface area contributed by atoms with Crippen LogP contribution in [0.2, 0.25) is 0 Å². The molecule has 1 heterocycles. The van der Waals surface area contributed by atoms with Crippen molar-refractivity contribution >= 4 is 17.3 Å². The summed E-state index contributed by atoms with van der Waals surface area (Å²) in [6, 6.07) is 22.1. The number of unbranched alkanes of at least 4 members (excludes halogenated alkanes) is 7. The van der Waals surface area contributed by atoms with Gasteiger partial charge in [-0.2, -0.15) is 0 Å². The van der Waals surface area contributed by atoms with Gasteiger partial charge in [0.25, 0.3) is 0 Å². The molecule has 6 nitrogen and oxygen atoms in total. The Morgan fingerprint density at radius 1 is 0.667 bits per heavy atom. The highest BCUT2D eigenvalue weighted by molar-refractivity contribution is 7.17. The first kappa shape index (κ1) is 28.3. The second-order valence-electron chi connectivity index (χ2n) is 9.40. The fraction of sp³-hybridized carbons (Fsp3) is 0.344. The molecule has 0 aliphatic carbocycles. The summed E-state index contributed by atoms with van der Waals surface area (Å²) in [5.74, 6) is 1.63. The number of ether oxygens (including phenoxy) is 3. The molecule has 0 spiro atoms. The van der Waals surface area contributed by atoms with Gasteiger partial charge in [0.2, 0.25) is 0 Å². The van der Waals surface area contributed by atoms with Crippen LogP contribution in [-0.4, -0.2) is 29.9 Å². The SMILES string of the molecule is CCCCCCCCCCOc1ccc(C(=O)Oc2ccc(-c3nnc(-c4ccc(OC)cc4)s3)cc2)cc1. The lowest BCUT2D eigenvalue weighted by atomic mass is 10.1. The van der Waals surface area contributed by atoms with Gasteiger partial charge < -0.3 is 14.2 Å². The van der Waals surface area contributed by atoms with Crippen LogP contribution < -0.4 is 14.2 Å². The lowest BCUT2D eigenvalue weighted by molar-refractivity contribution is 0.0734. The van der Waals surface area contributed by atoms with Crippen LogP contribution in [0.25, 0.3) is 21.1 Å². The monoisotopic (exact) mass is 544 g/mol. The zero-order valence-corrected chi connectivity index (χ0v) is 23.5. The molecule has 39 heavy (non-hydrogen) atoms. The predicted molar refractivity (Wildman–Crippen MR) is 157 cm³/mol. The third-order valence-corrected chi connectivity index (χ3v) is 7.45. The van der Waals surface area contributed by atoms with Crippen molar-refractivity contribution in [3.8, 4) is 38.4 Å². The van der Waals surface area contributed by atoms with E-state index in [1.165, 1.54) is 56.3 Å². The molecule has 0 aliphatic rings. The molecule has 0 aliphatic heterocycles. The van der Waals surface area contributed by atoms with Crippen LogP contribution in [0.4, 0.5) is 0 Å². The first-order chi connectivity index (χ1) is 19.2. The Hall–Kier alpha value is -3.71. The van der Waals surface area contributed by atoms with E-state index in [0.717, 1.165) is 39.1 Å². The number of esters is 1. The number of nitrogens with zero attached hydrogens (tertiary/aromatic N) is 2. The summed E-state index contributed by atoms with van der Waals surface area (Å²) in [4.78, 5) is 12.6. The van der Waals surface area contributed by atoms with Gasteiger partial charge in [-0.15, -0.1) is 10.2 Å². The summed E-state index contributed by atoms with van der Waals surface area (Å²) in [6.07, 6.45) is 10.1. The lowest BCUT2D eigenvalue weighted by Crippen LogP contribution is -2.08. The van der Waals surface area contributed by atoms with Crippen molar-refractivity contribution in [2.75, 3.05) is 13.7 Å². The van der Waals surface area contributed by atoms with Crippen LogP contribution >= 0.6 is 11.3 Å². The largest absolute Gasteiger partial charge is 0.497 e. The zero-order chi connectivity index (χ0) is 27.3. The molecule has 0 saturated heterocycles. The molecule has 0 atom stereocenters. The van der Waals surface area contributed by atoms with Gasteiger partial charge in [-0.25, -0.2) is 4.79 Å². The van der Waals surface area contributed by atoms with Gasteiger partial charge in [-0.05, 0) is 79.2 Å². The molecule has 0 saturated carbocycles. The molecule has 0 fully saturated rings. The van der Waals surface area contributed by atoms with Gasteiger partial charge in [0.15, 0.2) is 0 Å². The highest BCUT2D eigenvalue weighted by atomic mass is 32.1. The minimum Gasteiger partial charge on any atom is -0.497 e. The van der Waals surface area contributed by atoms with Crippen LogP contribution in [0.1, 0.15) is 68.6 Å². The Labute approximate surface area is 235 Å². The first-order valence-electron chi connectivity index (χ1n) is 13.7. The number of rotatable bonds is 15. The number of hydrogen-bond acceptors (Lipinski definition) is 7. The van der Waals surface area contributed by atoms with E-state index >= 15 is 0 Å². The van der Waals surface area contributed by atoms with E-state index in [1.54, 1.807) is 31.4 Å². The van der Waals surface area contributed by atoms with Crippen LogP contribution in [0.5, 0.6) is 17.2 Å². The van der Waals surface area contributed by atoms with Crippen molar-refractivity contribution < 1.29 is 19.0 Å². The quantitative estimate of drug-likeness (QED) is 0.0847. The minimum absolute atomic E-state index is 0.407. The van der Waals surface area contributed by atoms with E-state index < -0.39 is 5.97 Å². The number of hydrogen-bond donors (Lipinski definition) is 0. The van der Waals surface area contributed by atoms with Crippen molar-refractivity contribution in [1.82, 2.24) is 10.2 Å². The molecule has 0 bridgehead atoms. The van der Waals surface area contributed by atoms with Crippen molar-refractivity contribution in [2.45, 2.75) is 58.3 Å². The number of methoxy groups -OCH3 is 1. The molecular weight excluding hydrogens is 508 g/mol. The molecule has 0 amide bonds. The average molecular weight is 545 g/mol. The Bertz CT molecular complexity index is 1290. The average Bonchev–Trinajstić information content (AvgIpc) is 3.47. The van der Waals surface area contributed by atoms with E-state index in [0.29, 0.717) is 17.9 Å². The van der Waals surface area contributed by atoms with Gasteiger partial charge in [-0.3, -0.25) is 0 Å². The number of carbonyl (C=O) groups excluding carboxylic acids is 1. The van der Waals surface area contributed by atoms with Crippen molar-refractivity contribution in [3.05, 3.63) is 78.4 Å². The van der Waals surface area contributed by atoms with Crippen molar-refractivity contribution in [1.29, 1.82) is 0 Å². The van der Waals surface area contributed by atoms with Crippen LogP contribution in [0.3, 0.4) is 0 Å². The van der Waals surface area contributed by atoms with Gasteiger partial charge in [0, 0.05) is 11.1 Å². The van der Waals surface area contributed by atoms with E-state index in [1.807, 2.05) is 48.5 Å². The van der Waals surface area contributed by atoms with E-state index in [-0.39, 0.29) is 0 Å². The highest BCUT2D eigenvalue weighted by Crippen LogP contribution is 2.31. The van der Waals surface area contributed by atoms with Gasteiger partial charge >= 0.3 is 5.97 Å². The molecule has 4 rings (SSSR count). The molecule has 4 aromatic rings. The van der Waals surface area contributed by atoms with Gasteiger partial charge in [0.05, 0.1) is 19.3 Å². The van der Waals surface area contributed by atoms with Crippen LogP contribution in [-0.2, 0) is 0 Å². The lowest BCUT2D eigenvalue weighted by Gasteiger charge is -2.08. The predicted octanol–water partition coefficient (Wildman–Crippen LogP) is 8.62. The minimum atomic E-state index is -0.407. The maximum atomic E-state index is 12.6. The first-order valence-corrected chi connectivity index (χ1v) is 14.5. The summed E-state index contributed by atoms with van der Waals surface area (Å²) in [5.41, 5.74) is 2.37. The Kier molecular flexibility index (Phi) is 10.9. The molecular formula is C32H36N2O4S. The molecule has 1 aromatic heterocycles. The topological polar surface area (TPSA) is 70.5 Å². The van der Waals surface area contributed by atoms with Gasteiger partial charge in [-0.1, -0.05) is 63.2 Å². The molecule has 3 aromatic carbocycles. The fourth-order valence-electron chi connectivity index (χ4n) is 4.13. The van der Waals surface area contributed by atoms with E-state index in [9.17, 15) is 4.79 Å². The van der Waals surface area contributed by atoms with E-state index in [4.69, 9.17) is 14.2 Å². The Morgan fingerprint density at radius 3 is 1.74 bits per heavy atom. The number of carbonyl (C=O) groups is 1. The van der Waals surface area contributed by atoms with Gasteiger partial charge in [0.1, 0.15) is 27.3 Å². The Morgan fingerprint density at radius 2 is 1.18 bits per heavy atom. The molecule has 204 valence electrons. The zero-order valence-electron chi connectivity index (χ0n) is 22.7. The maximum Gasteiger partial charge on any atom is 0.343 e. The summed E-state index contributed by atoms with van der Waals surface area (Å²) in [7, 11) is 1.64. The third kappa shape index (κ3) is 8.65. The summed E-state index contributed by atoms with van der Waals surface area (Å²) in [6.45, 7) is 2.94. The third-order valence-electron chi connectivity index (χ3n) is 6.43. The molecule has 0 radical (unpaired) electrons.